The molecule has 3 aliphatic heterocycles. The first-order chi connectivity index (χ1) is 13.9. The second kappa shape index (κ2) is 6.57. The van der Waals surface area contributed by atoms with Crippen LogP contribution in [0, 0.1) is 5.92 Å². The Morgan fingerprint density at radius 3 is 2.86 bits per heavy atom. The number of rotatable bonds is 2. The van der Waals surface area contributed by atoms with Gasteiger partial charge in [-0.15, -0.1) is 0 Å². The van der Waals surface area contributed by atoms with Gasteiger partial charge in [0.05, 0.1) is 6.04 Å². The number of hydrogen-bond acceptors (Lipinski definition) is 5. The molecule has 4 aliphatic rings. The molecule has 0 bridgehead atoms. The molecule has 0 radical (unpaired) electrons. The van der Waals surface area contributed by atoms with E-state index in [0.29, 0.717) is 18.8 Å². The average Bonchev–Trinajstić information content (AvgIpc) is 3.34. The van der Waals surface area contributed by atoms with E-state index < -0.39 is 0 Å². The fourth-order valence-electron chi connectivity index (χ4n) is 4.67. The second-order valence-corrected chi connectivity index (χ2v) is 8.77. The van der Waals surface area contributed by atoms with E-state index in [1.165, 1.54) is 0 Å². The van der Waals surface area contributed by atoms with Crippen molar-refractivity contribution in [3.05, 3.63) is 41.3 Å². The lowest BCUT2D eigenvalue weighted by Crippen LogP contribution is -2.59. The first-order valence-corrected chi connectivity index (χ1v) is 10.3. The first kappa shape index (κ1) is 18.1. The Kier molecular flexibility index (Phi) is 4.11. The summed E-state index contributed by atoms with van der Waals surface area (Å²) in [6.07, 6.45) is 12.0. The van der Waals surface area contributed by atoms with Crippen LogP contribution in [-0.4, -0.2) is 57.4 Å². The molecule has 29 heavy (non-hydrogen) atoms. The van der Waals surface area contributed by atoms with Crippen molar-refractivity contribution >= 4 is 18.0 Å². The molecular weight excluding hydrogens is 368 g/mol. The van der Waals surface area contributed by atoms with Crippen LogP contribution in [0.15, 0.2) is 35.1 Å². The SMILES string of the molecule is CC(C)n1cc2c(n1)C(=O)NC1(CCN(C(=O)C3=CC4C=NNC4C=C3)CC1)C2. The summed E-state index contributed by atoms with van der Waals surface area (Å²) in [5, 5.41) is 11.7. The predicted molar refractivity (Wildman–Crippen MR) is 108 cm³/mol. The summed E-state index contributed by atoms with van der Waals surface area (Å²) < 4.78 is 1.86. The Morgan fingerprint density at radius 2 is 2.10 bits per heavy atom. The maximum absolute atomic E-state index is 13.0. The Labute approximate surface area is 169 Å². The molecule has 5 rings (SSSR count). The smallest absolute Gasteiger partial charge is 0.272 e. The highest BCUT2D eigenvalue weighted by Gasteiger charge is 2.43. The minimum atomic E-state index is -0.282. The topological polar surface area (TPSA) is 91.6 Å². The molecule has 1 aromatic heterocycles. The molecule has 1 aromatic rings. The fourth-order valence-corrected chi connectivity index (χ4v) is 4.67. The van der Waals surface area contributed by atoms with Gasteiger partial charge in [-0.25, -0.2) is 0 Å². The van der Waals surface area contributed by atoms with E-state index in [4.69, 9.17) is 0 Å². The number of piperidine rings is 1. The van der Waals surface area contributed by atoms with Crippen LogP contribution in [0.5, 0.6) is 0 Å². The molecule has 2 atom stereocenters. The van der Waals surface area contributed by atoms with Gasteiger partial charge >= 0.3 is 0 Å². The maximum atomic E-state index is 13.0. The van der Waals surface area contributed by atoms with Crippen molar-refractivity contribution in [3.8, 4) is 0 Å². The Balaban J connectivity index is 1.28. The van der Waals surface area contributed by atoms with Crippen LogP contribution in [0.4, 0.5) is 0 Å². The highest BCUT2D eigenvalue weighted by Crippen LogP contribution is 2.33. The largest absolute Gasteiger partial charge is 0.345 e. The van der Waals surface area contributed by atoms with Gasteiger partial charge in [-0.2, -0.15) is 10.2 Å². The maximum Gasteiger partial charge on any atom is 0.272 e. The summed E-state index contributed by atoms with van der Waals surface area (Å²) in [7, 11) is 0. The molecular formula is C21H26N6O2. The van der Waals surface area contributed by atoms with Gasteiger partial charge in [0.2, 0.25) is 0 Å². The third-order valence-corrected chi connectivity index (χ3v) is 6.45. The van der Waals surface area contributed by atoms with Crippen molar-refractivity contribution in [2.45, 2.75) is 50.7 Å². The lowest BCUT2D eigenvalue weighted by atomic mass is 9.79. The molecule has 2 amide bonds. The van der Waals surface area contributed by atoms with Gasteiger partial charge in [0.15, 0.2) is 5.69 Å². The lowest BCUT2D eigenvalue weighted by Gasteiger charge is -2.44. The molecule has 8 heteroatoms. The number of nitrogens with zero attached hydrogens (tertiary/aromatic N) is 4. The van der Waals surface area contributed by atoms with Crippen LogP contribution in [0.3, 0.4) is 0 Å². The Bertz CT molecular complexity index is 948. The van der Waals surface area contributed by atoms with E-state index in [-0.39, 0.29) is 35.4 Å². The number of aromatic nitrogens is 2. The average molecular weight is 394 g/mol. The van der Waals surface area contributed by atoms with Gasteiger partial charge in [-0.05, 0) is 33.1 Å². The lowest BCUT2D eigenvalue weighted by molar-refractivity contribution is -0.128. The fraction of sp³-hybridized carbons (Fsp3) is 0.524. The zero-order valence-electron chi connectivity index (χ0n) is 16.8. The summed E-state index contributed by atoms with van der Waals surface area (Å²) in [6.45, 7) is 5.39. The zero-order chi connectivity index (χ0) is 20.2. The molecule has 0 saturated carbocycles. The summed E-state index contributed by atoms with van der Waals surface area (Å²) in [5.74, 6) is 0.108. The molecule has 2 unspecified atom stereocenters. The number of hydrogen-bond donors (Lipinski definition) is 2. The number of carbonyl (C=O) groups excluding carboxylic acids is 2. The number of carbonyl (C=O) groups is 2. The van der Waals surface area contributed by atoms with Crippen molar-refractivity contribution in [1.29, 1.82) is 0 Å². The van der Waals surface area contributed by atoms with E-state index in [1.54, 1.807) is 0 Å². The number of amides is 2. The molecule has 0 aromatic carbocycles. The van der Waals surface area contributed by atoms with E-state index in [2.05, 4.69) is 34.8 Å². The third-order valence-electron chi connectivity index (χ3n) is 6.45. The molecule has 2 N–H and O–H groups in total. The number of fused-ring (bicyclic) bond motifs is 2. The van der Waals surface area contributed by atoms with Crippen molar-refractivity contribution in [2.75, 3.05) is 13.1 Å². The third kappa shape index (κ3) is 3.07. The van der Waals surface area contributed by atoms with Gasteiger partial charge in [0.25, 0.3) is 11.8 Å². The van der Waals surface area contributed by atoms with Crippen LogP contribution < -0.4 is 10.7 Å². The van der Waals surface area contributed by atoms with E-state index in [1.807, 2.05) is 40.2 Å². The van der Waals surface area contributed by atoms with E-state index in [9.17, 15) is 9.59 Å². The standard InChI is InChI=1S/C21H26N6O2/c1-13(2)27-12-16-10-21(23-19(28)18(16)25-27)5-7-26(8-6-21)20(29)14-3-4-17-15(9-14)11-22-24-17/h3-4,9,11-13,15,17,24H,5-8,10H2,1-2H3,(H,23,28). The zero-order valence-corrected chi connectivity index (χ0v) is 16.8. The molecule has 1 fully saturated rings. The van der Waals surface area contributed by atoms with E-state index in [0.717, 1.165) is 30.4 Å². The summed E-state index contributed by atoms with van der Waals surface area (Å²) >= 11 is 0. The van der Waals surface area contributed by atoms with Crippen LogP contribution in [0.1, 0.15) is 48.8 Å². The Morgan fingerprint density at radius 1 is 1.31 bits per heavy atom. The molecule has 1 spiro atoms. The predicted octanol–water partition coefficient (Wildman–Crippen LogP) is 1.18. The molecule has 152 valence electrons. The van der Waals surface area contributed by atoms with Crippen molar-refractivity contribution in [3.63, 3.8) is 0 Å². The summed E-state index contributed by atoms with van der Waals surface area (Å²) in [5.41, 5.74) is 5.03. The van der Waals surface area contributed by atoms with Crippen LogP contribution in [0.25, 0.3) is 0 Å². The van der Waals surface area contributed by atoms with Crippen molar-refractivity contribution in [2.24, 2.45) is 11.0 Å². The van der Waals surface area contributed by atoms with E-state index >= 15 is 0 Å². The number of likely N-dealkylation sites (tertiary alicyclic amines) is 1. The quantitative estimate of drug-likeness (QED) is 0.788. The minimum Gasteiger partial charge on any atom is -0.345 e. The molecule has 8 nitrogen and oxygen atoms in total. The van der Waals surface area contributed by atoms with Gasteiger partial charge in [0, 0.05) is 54.1 Å². The van der Waals surface area contributed by atoms with Crippen LogP contribution in [-0.2, 0) is 11.2 Å². The van der Waals surface area contributed by atoms with Crippen molar-refractivity contribution in [1.82, 2.24) is 25.4 Å². The second-order valence-electron chi connectivity index (χ2n) is 8.77. The normalized spacial score (nSPS) is 26.8. The van der Waals surface area contributed by atoms with Gasteiger partial charge < -0.3 is 15.6 Å². The summed E-state index contributed by atoms with van der Waals surface area (Å²) in [4.78, 5) is 27.6. The Hall–Kier alpha value is -2.90. The molecule has 4 heterocycles. The highest BCUT2D eigenvalue weighted by molar-refractivity contribution is 5.98. The first-order valence-electron chi connectivity index (χ1n) is 10.3. The number of hydrazone groups is 1. The van der Waals surface area contributed by atoms with Gasteiger partial charge in [-0.3, -0.25) is 14.3 Å². The monoisotopic (exact) mass is 394 g/mol. The highest BCUT2D eigenvalue weighted by atomic mass is 16.2. The van der Waals surface area contributed by atoms with Crippen LogP contribution in [0.2, 0.25) is 0 Å². The molecule has 1 saturated heterocycles. The van der Waals surface area contributed by atoms with Gasteiger partial charge in [-0.1, -0.05) is 18.2 Å². The van der Waals surface area contributed by atoms with Gasteiger partial charge in [0.1, 0.15) is 0 Å². The number of nitrogens with one attached hydrogen (secondary N) is 2. The van der Waals surface area contributed by atoms with Crippen LogP contribution >= 0.6 is 0 Å². The van der Waals surface area contributed by atoms with Crippen molar-refractivity contribution < 1.29 is 9.59 Å². The minimum absolute atomic E-state index is 0.0605. The summed E-state index contributed by atoms with van der Waals surface area (Å²) in [6, 6.07) is 0.384. The molecule has 1 aliphatic carbocycles.